The van der Waals surface area contributed by atoms with E-state index in [9.17, 15) is 5.11 Å². The van der Waals surface area contributed by atoms with Gasteiger partial charge in [0.25, 0.3) is 0 Å². The summed E-state index contributed by atoms with van der Waals surface area (Å²) < 4.78 is 15.8. The van der Waals surface area contributed by atoms with Crippen LogP contribution in [0.5, 0.6) is 0 Å². The minimum Gasteiger partial charge on any atom is -0.468 e. The Bertz CT molecular complexity index is 438. The van der Waals surface area contributed by atoms with Gasteiger partial charge in [-0.05, 0) is 31.2 Å². The molecule has 0 amide bonds. The van der Waals surface area contributed by atoms with Gasteiger partial charge in [0.2, 0.25) is 0 Å². The van der Waals surface area contributed by atoms with Crippen molar-refractivity contribution in [2.75, 3.05) is 13.2 Å². The highest BCUT2D eigenvalue weighted by molar-refractivity contribution is 5.02. The molecule has 0 bridgehead atoms. The second-order valence-corrected chi connectivity index (χ2v) is 4.39. The number of hydrogen-bond donors (Lipinski definition) is 2. The molecule has 2 N–H and O–H groups in total. The van der Waals surface area contributed by atoms with Gasteiger partial charge in [-0.25, -0.2) is 0 Å². The summed E-state index contributed by atoms with van der Waals surface area (Å²) in [6.45, 7) is 3.06. The van der Waals surface area contributed by atoms with Crippen LogP contribution in [0.2, 0.25) is 0 Å². The van der Waals surface area contributed by atoms with E-state index in [0.717, 1.165) is 11.5 Å². The van der Waals surface area contributed by atoms with Crippen molar-refractivity contribution in [2.45, 2.75) is 25.7 Å². The second kappa shape index (κ2) is 7.13. The molecule has 2 aromatic heterocycles. The Balaban J connectivity index is 1.60. The lowest BCUT2D eigenvalue weighted by Crippen LogP contribution is -2.32. The third-order valence-corrected chi connectivity index (χ3v) is 2.76. The van der Waals surface area contributed by atoms with Crippen molar-refractivity contribution in [2.24, 2.45) is 0 Å². The summed E-state index contributed by atoms with van der Waals surface area (Å²) in [7, 11) is 0. The van der Waals surface area contributed by atoms with E-state index in [1.54, 1.807) is 12.5 Å². The van der Waals surface area contributed by atoms with Gasteiger partial charge in [-0.15, -0.1) is 0 Å². The topological polar surface area (TPSA) is 67.8 Å². The van der Waals surface area contributed by atoms with Crippen molar-refractivity contribution in [3.8, 4) is 0 Å². The minimum atomic E-state index is -0.563. The van der Waals surface area contributed by atoms with Crippen molar-refractivity contribution in [1.29, 1.82) is 0 Å². The average Bonchev–Trinajstić information content (AvgIpc) is 3.08. The average molecular weight is 265 g/mol. The fourth-order valence-electron chi connectivity index (χ4n) is 1.70. The lowest BCUT2D eigenvalue weighted by Gasteiger charge is -2.15. The van der Waals surface area contributed by atoms with Gasteiger partial charge < -0.3 is 24.0 Å². The summed E-state index contributed by atoms with van der Waals surface area (Å²) in [6.07, 6.45) is 2.67. The fourth-order valence-corrected chi connectivity index (χ4v) is 1.70. The molecule has 0 spiro atoms. The first-order chi connectivity index (χ1) is 9.25. The molecule has 0 aliphatic carbocycles. The number of aliphatic hydroxyl groups excluding tert-OH is 1. The summed E-state index contributed by atoms with van der Waals surface area (Å²) >= 11 is 0. The summed E-state index contributed by atoms with van der Waals surface area (Å²) in [5.74, 6) is 1.60. The quantitative estimate of drug-likeness (QED) is 0.765. The number of aliphatic hydroxyl groups is 1. The van der Waals surface area contributed by atoms with Crippen LogP contribution in [0.15, 0.2) is 45.6 Å². The maximum absolute atomic E-state index is 9.78. The second-order valence-electron chi connectivity index (χ2n) is 4.39. The summed E-state index contributed by atoms with van der Waals surface area (Å²) in [5.41, 5.74) is 0. The molecule has 5 nitrogen and oxygen atoms in total. The van der Waals surface area contributed by atoms with Crippen molar-refractivity contribution >= 4 is 0 Å². The predicted molar refractivity (Wildman–Crippen MR) is 69.5 cm³/mol. The van der Waals surface area contributed by atoms with E-state index in [0.29, 0.717) is 13.2 Å². The number of ether oxygens (including phenoxy) is 1. The highest BCUT2D eigenvalue weighted by Gasteiger charge is 2.10. The van der Waals surface area contributed by atoms with E-state index >= 15 is 0 Å². The van der Waals surface area contributed by atoms with Crippen LogP contribution in [0.25, 0.3) is 0 Å². The number of hydrogen-bond acceptors (Lipinski definition) is 5. The lowest BCUT2D eigenvalue weighted by atomic mass is 10.2. The molecule has 0 aromatic carbocycles. The van der Waals surface area contributed by atoms with Crippen LogP contribution in [-0.4, -0.2) is 24.4 Å². The molecule has 2 heterocycles. The highest BCUT2D eigenvalue weighted by atomic mass is 16.5. The van der Waals surface area contributed by atoms with Gasteiger partial charge in [0.05, 0.1) is 31.3 Å². The van der Waals surface area contributed by atoms with Crippen LogP contribution in [0.1, 0.15) is 24.5 Å². The molecular formula is C14H19NO4. The molecule has 0 aliphatic rings. The van der Waals surface area contributed by atoms with Crippen LogP contribution < -0.4 is 5.32 Å². The smallest absolute Gasteiger partial charge is 0.129 e. The SMILES string of the molecule is C[C@@H](NCC(O)COCc1ccco1)c1ccco1. The molecule has 0 saturated heterocycles. The Labute approximate surface area is 112 Å². The van der Waals surface area contributed by atoms with Gasteiger partial charge in [0, 0.05) is 6.54 Å². The van der Waals surface area contributed by atoms with Gasteiger partial charge in [0.1, 0.15) is 18.1 Å². The molecule has 1 unspecified atom stereocenters. The molecule has 19 heavy (non-hydrogen) atoms. The van der Waals surface area contributed by atoms with Crippen LogP contribution in [0.3, 0.4) is 0 Å². The Morgan fingerprint density at radius 2 is 2.05 bits per heavy atom. The van der Waals surface area contributed by atoms with Gasteiger partial charge in [-0.3, -0.25) is 0 Å². The molecule has 5 heteroatoms. The van der Waals surface area contributed by atoms with Crippen molar-refractivity contribution in [3.05, 3.63) is 48.3 Å². The van der Waals surface area contributed by atoms with Crippen molar-refractivity contribution in [1.82, 2.24) is 5.32 Å². The Morgan fingerprint density at radius 1 is 1.26 bits per heavy atom. The van der Waals surface area contributed by atoms with Crippen LogP contribution in [0, 0.1) is 0 Å². The fraction of sp³-hybridized carbons (Fsp3) is 0.429. The molecule has 0 radical (unpaired) electrons. The Kier molecular flexibility index (Phi) is 5.20. The molecule has 0 saturated carbocycles. The van der Waals surface area contributed by atoms with Crippen molar-refractivity contribution < 1.29 is 18.7 Å². The zero-order valence-electron chi connectivity index (χ0n) is 10.9. The maximum Gasteiger partial charge on any atom is 0.129 e. The standard InChI is InChI=1S/C14H19NO4/c1-11(14-5-3-7-19-14)15-8-12(16)9-17-10-13-4-2-6-18-13/h2-7,11-12,15-16H,8-10H2,1H3/t11-,12?/m1/s1. The highest BCUT2D eigenvalue weighted by Crippen LogP contribution is 2.11. The van der Waals surface area contributed by atoms with Gasteiger partial charge in [-0.2, -0.15) is 0 Å². The Hall–Kier alpha value is -1.56. The summed E-state index contributed by atoms with van der Waals surface area (Å²) in [4.78, 5) is 0. The molecular weight excluding hydrogens is 246 g/mol. The first-order valence-corrected chi connectivity index (χ1v) is 6.30. The minimum absolute atomic E-state index is 0.0646. The Morgan fingerprint density at radius 3 is 2.74 bits per heavy atom. The molecule has 0 fully saturated rings. The van der Waals surface area contributed by atoms with Crippen molar-refractivity contribution in [3.63, 3.8) is 0 Å². The number of nitrogens with one attached hydrogen (secondary N) is 1. The summed E-state index contributed by atoms with van der Waals surface area (Å²) in [5, 5.41) is 13.0. The van der Waals surface area contributed by atoms with Gasteiger partial charge in [0.15, 0.2) is 0 Å². The van der Waals surface area contributed by atoms with Gasteiger partial charge >= 0.3 is 0 Å². The first kappa shape index (κ1) is 13.9. The third kappa shape index (κ3) is 4.55. The van der Waals surface area contributed by atoms with E-state index < -0.39 is 6.10 Å². The first-order valence-electron chi connectivity index (χ1n) is 6.30. The normalized spacial score (nSPS) is 14.4. The maximum atomic E-state index is 9.78. The molecule has 2 atom stereocenters. The van der Waals surface area contributed by atoms with E-state index in [1.165, 1.54) is 0 Å². The third-order valence-electron chi connectivity index (χ3n) is 2.76. The van der Waals surface area contributed by atoms with E-state index in [2.05, 4.69) is 5.32 Å². The molecule has 104 valence electrons. The number of rotatable bonds is 8. The monoisotopic (exact) mass is 265 g/mol. The predicted octanol–water partition coefficient (Wildman–Crippen LogP) is 2.10. The van der Waals surface area contributed by atoms with E-state index in [1.807, 2.05) is 31.2 Å². The van der Waals surface area contributed by atoms with E-state index in [-0.39, 0.29) is 12.6 Å². The zero-order chi connectivity index (χ0) is 13.5. The molecule has 2 aromatic rings. The number of furan rings is 2. The van der Waals surface area contributed by atoms with Crippen LogP contribution in [0.4, 0.5) is 0 Å². The van der Waals surface area contributed by atoms with E-state index in [4.69, 9.17) is 13.6 Å². The lowest BCUT2D eigenvalue weighted by molar-refractivity contribution is 0.0215. The van der Waals surface area contributed by atoms with Crippen LogP contribution in [-0.2, 0) is 11.3 Å². The summed E-state index contributed by atoms with van der Waals surface area (Å²) in [6, 6.07) is 7.45. The zero-order valence-corrected chi connectivity index (χ0v) is 10.9. The molecule has 0 aliphatic heterocycles. The molecule has 2 rings (SSSR count). The largest absolute Gasteiger partial charge is 0.468 e. The van der Waals surface area contributed by atoms with Gasteiger partial charge in [-0.1, -0.05) is 0 Å². The van der Waals surface area contributed by atoms with Crippen LogP contribution >= 0.6 is 0 Å².